The van der Waals surface area contributed by atoms with Gasteiger partial charge in [-0.2, -0.15) is 0 Å². The van der Waals surface area contributed by atoms with Gasteiger partial charge in [0, 0.05) is 12.5 Å². The van der Waals surface area contributed by atoms with E-state index in [4.69, 9.17) is 4.74 Å². The molecule has 84 valence electrons. The minimum absolute atomic E-state index is 0.0119. The van der Waals surface area contributed by atoms with Gasteiger partial charge >= 0.3 is 5.97 Å². The van der Waals surface area contributed by atoms with E-state index in [1.807, 2.05) is 6.92 Å². The molecule has 4 nitrogen and oxygen atoms in total. The Labute approximate surface area is 89.4 Å². The molecule has 1 saturated heterocycles. The zero-order chi connectivity index (χ0) is 10.9. The van der Waals surface area contributed by atoms with E-state index in [0.717, 1.165) is 19.3 Å². The largest absolute Gasteiger partial charge is 0.466 e. The summed E-state index contributed by atoms with van der Waals surface area (Å²) in [6.07, 6.45) is 3.88. The molecule has 0 radical (unpaired) electrons. The normalized spacial score (nSPS) is 34.5. The van der Waals surface area contributed by atoms with E-state index in [2.05, 4.69) is 5.32 Å². The molecule has 1 unspecified atom stereocenters. The maximum atomic E-state index is 11.9. The zero-order valence-electron chi connectivity index (χ0n) is 9.04. The third kappa shape index (κ3) is 1.62. The van der Waals surface area contributed by atoms with Crippen LogP contribution < -0.4 is 5.32 Å². The Morgan fingerprint density at radius 1 is 1.60 bits per heavy atom. The number of rotatable bonds is 2. The minimum atomic E-state index is -0.413. The van der Waals surface area contributed by atoms with Crippen LogP contribution in [-0.4, -0.2) is 24.5 Å². The molecule has 15 heavy (non-hydrogen) atoms. The molecule has 0 aromatic rings. The van der Waals surface area contributed by atoms with E-state index in [-0.39, 0.29) is 17.9 Å². The molecule has 2 atom stereocenters. The highest BCUT2D eigenvalue weighted by Gasteiger charge is 2.52. The summed E-state index contributed by atoms with van der Waals surface area (Å²) in [5, 5.41) is 2.92. The predicted octanol–water partition coefficient (Wildman–Crippen LogP) is 0.998. The maximum absolute atomic E-state index is 11.9. The summed E-state index contributed by atoms with van der Waals surface area (Å²) in [7, 11) is 0. The molecule has 2 aliphatic rings. The summed E-state index contributed by atoms with van der Waals surface area (Å²) in [6.45, 7) is 2.24. The van der Waals surface area contributed by atoms with Gasteiger partial charge in [-0.3, -0.25) is 9.59 Å². The first-order valence-electron chi connectivity index (χ1n) is 5.65. The summed E-state index contributed by atoms with van der Waals surface area (Å²) in [6, 6.07) is 0.0119. The lowest BCUT2D eigenvalue weighted by atomic mass is 9.76. The van der Waals surface area contributed by atoms with Crippen molar-refractivity contribution in [2.24, 2.45) is 5.41 Å². The van der Waals surface area contributed by atoms with Crippen LogP contribution in [0.3, 0.4) is 0 Å². The number of hydrogen-bond acceptors (Lipinski definition) is 3. The lowest BCUT2D eigenvalue weighted by molar-refractivity contribution is -0.159. The quantitative estimate of drug-likeness (QED) is 0.693. The minimum Gasteiger partial charge on any atom is -0.466 e. The number of esters is 1. The molecule has 0 aromatic carbocycles. The van der Waals surface area contributed by atoms with Crippen molar-refractivity contribution in [3.8, 4) is 0 Å². The third-order valence-electron chi connectivity index (χ3n) is 3.60. The molecular weight excluding hydrogens is 194 g/mol. The van der Waals surface area contributed by atoms with Crippen LogP contribution in [0.1, 0.15) is 39.0 Å². The number of amides is 1. The number of ether oxygens (including phenoxy) is 1. The predicted molar refractivity (Wildman–Crippen MR) is 54.1 cm³/mol. The molecule has 0 bridgehead atoms. The average Bonchev–Trinajstić information content (AvgIpc) is 2.62. The monoisotopic (exact) mass is 211 g/mol. The van der Waals surface area contributed by atoms with Crippen LogP contribution in [0.2, 0.25) is 0 Å². The van der Waals surface area contributed by atoms with E-state index in [0.29, 0.717) is 19.4 Å². The van der Waals surface area contributed by atoms with Crippen molar-refractivity contribution in [3.63, 3.8) is 0 Å². The van der Waals surface area contributed by atoms with Crippen molar-refractivity contribution in [1.82, 2.24) is 5.32 Å². The fourth-order valence-electron chi connectivity index (χ4n) is 2.81. The van der Waals surface area contributed by atoms with Gasteiger partial charge in [-0.25, -0.2) is 0 Å². The van der Waals surface area contributed by atoms with E-state index >= 15 is 0 Å². The standard InChI is InChI=1S/C11H17NO3/c1-2-15-10(14)11-6-3-4-8(11)12-9(13)5-7-11/h8H,2-7H2,1H3,(H,12,13)/t8?,11-/m0/s1. The van der Waals surface area contributed by atoms with Gasteiger partial charge in [0.15, 0.2) is 0 Å². The fourth-order valence-corrected chi connectivity index (χ4v) is 2.81. The van der Waals surface area contributed by atoms with Crippen LogP contribution in [-0.2, 0) is 14.3 Å². The lowest BCUT2D eigenvalue weighted by Gasteiger charge is -2.37. The Balaban J connectivity index is 2.17. The van der Waals surface area contributed by atoms with Crippen LogP contribution in [0, 0.1) is 5.41 Å². The number of piperidine rings is 1. The number of hydrogen-bond donors (Lipinski definition) is 1. The highest BCUT2D eigenvalue weighted by Crippen LogP contribution is 2.45. The van der Waals surface area contributed by atoms with Crippen molar-refractivity contribution < 1.29 is 14.3 Å². The van der Waals surface area contributed by atoms with Crippen molar-refractivity contribution in [3.05, 3.63) is 0 Å². The second-order valence-corrected chi connectivity index (χ2v) is 4.39. The fraction of sp³-hybridized carbons (Fsp3) is 0.818. The van der Waals surface area contributed by atoms with Crippen molar-refractivity contribution in [2.45, 2.75) is 45.1 Å². The summed E-state index contributed by atoms with van der Waals surface area (Å²) >= 11 is 0. The van der Waals surface area contributed by atoms with E-state index < -0.39 is 5.41 Å². The van der Waals surface area contributed by atoms with Crippen molar-refractivity contribution in [1.29, 1.82) is 0 Å². The van der Waals surface area contributed by atoms with Crippen LogP contribution in [0.4, 0.5) is 0 Å². The van der Waals surface area contributed by atoms with Gasteiger partial charge in [0.1, 0.15) is 0 Å². The summed E-state index contributed by atoms with van der Waals surface area (Å²) in [5.41, 5.74) is -0.413. The average molecular weight is 211 g/mol. The molecule has 1 saturated carbocycles. The SMILES string of the molecule is CCOC(=O)[C@]12CCCC1NC(=O)CC2. The molecule has 4 heteroatoms. The number of nitrogens with one attached hydrogen (secondary N) is 1. The Kier molecular flexibility index (Phi) is 2.67. The van der Waals surface area contributed by atoms with E-state index in [1.54, 1.807) is 0 Å². The molecule has 1 amide bonds. The first kappa shape index (κ1) is 10.5. The number of carbonyl (C=O) groups is 2. The first-order chi connectivity index (χ1) is 7.19. The van der Waals surface area contributed by atoms with E-state index in [9.17, 15) is 9.59 Å². The van der Waals surface area contributed by atoms with Crippen LogP contribution >= 0.6 is 0 Å². The molecule has 1 heterocycles. The lowest BCUT2D eigenvalue weighted by Crippen LogP contribution is -2.53. The molecule has 2 rings (SSSR count). The molecule has 0 aromatic heterocycles. The highest BCUT2D eigenvalue weighted by atomic mass is 16.5. The summed E-state index contributed by atoms with van der Waals surface area (Å²) < 4.78 is 5.13. The molecule has 1 aliphatic carbocycles. The van der Waals surface area contributed by atoms with Gasteiger partial charge in [0.25, 0.3) is 0 Å². The zero-order valence-corrected chi connectivity index (χ0v) is 9.04. The second kappa shape index (κ2) is 3.83. The molecule has 2 fully saturated rings. The second-order valence-electron chi connectivity index (χ2n) is 4.39. The molecular formula is C11H17NO3. The van der Waals surface area contributed by atoms with Crippen molar-refractivity contribution in [2.75, 3.05) is 6.61 Å². The Bertz CT molecular complexity index is 290. The van der Waals surface area contributed by atoms with Crippen LogP contribution in [0.5, 0.6) is 0 Å². The van der Waals surface area contributed by atoms with Crippen LogP contribution in [0.15, 0.2) is 0 Å². The molecule has 0 spiro atoms. The molecule has 1 N–H and O–H groups in total. The summed E-state index contributed by atoms with van der Waals surface area (Å²) in [5.74, 6) is -0.0469. The van der Waals surface area contributed by atoms with Gasteiger partial charge in [-0.05, 0) is 26.2 Å². The maximum Gasteiger partial charge on any atom is 0.314 e. The van der Waals surface area contributed by atoms with Crippen LogP contribution in [0.25, 0.3) is 0 Å². The van der Waals surface area contributed by atoms with Gasteiger partial charge in [0.2, 0.25) is 5.91 Å². The van der Waals surface area contributed by atoms with Gasteiger partial charge in [-0.15, -0.1) is 0 Å². The Morgan fingerprint density at radius 2 is 2.40 bits per heavy atom. The Hall–Kier alpha value is -1.06. The number of carbonyl (C=O) groups excluding carboxylic acids is 2. The third-order valence-corrected chi connectivity index (χ3v) is 3.60. The summed E-state index contributed by atoms with van der Waals surface area (Å²) in [4.78, 5) is 23.2. The van der Waals surface area contributed by atoms with Crippen molar-refractivity contribution >= 4 is 11.9 Å². The Morgan fingerprint density at radius 3 is 3.13 bits per heavy atom. The van der Waals surface area contributed by atoms with Gasteiger partial charge < -0.3 is 10.1 Å². The van der Waals surface area contributed by atoms with Gasteiger partial charge in [0.05, 0.1) is 12.0 Å². The number of fused-ring (bicyclic) bond motifs is 1. The first-order valence-corrected chi connectivity index (χ1v) is 5.65. The highest BCUT2D eigenvalue weighted by molar-refractivity contribution is 5.84. The smallest absolute Gasteiger partial charge is 0.314 e. The van der Waals surface area contributed by atoms with E-state index in [1.165, 1.54) is 0 Å². The molecule has 1 aliphatic heterocycles. The topological polar surface area (TPSA) is 55.4 Å². The van der Waals surface area contributed by atoms with Gasteiger partial charge in [-0.1, -0.05) is 6.42 Å².